The third kappa shape index (κ3) is 2.90. The highest BCUT2D eigenvalue weighted by atomic mass is 16.3. The van der Waals surface area contributed by atoms with Crippen LogP contribution in [0.2, 0.25) is 0 Å². The van der Waals surface area contributed by atoms with Crippen molar-refractivity contribution >= 4 is 0 Å². The van der Waals surface area contributed by atoms with Gasteiger partial charge >= 0.3 is 0 Å². The van der Waals surface area contributed by atoms with Gasteiger partial charge in [0.2, 0.25) is 0 Å². The third-order valence-electron chi connectivity index (χ3n) is 3.79. The lowest BCUT2D eigenvalue weighted by molar-refractivity contribution is 0.235. The summed E-state index contributed by atoms with van der Waals surface area (Å²) >= 11 is 0. The van der Waals surface area contributed by atoms with Gasteiger partial charge in [-0.25, -0.2) is 9.97 Å². The van der Waals surface area contributed by atoms with E-state index in [4.69, 9.17) is 4.42 Å². The smallest absolute Gasteiger partial charge is 0.195 e. The molecule has 1 aliphatic rings. The molecular weight excluding hydrogens is 250 g/mol. The van der Waals surface area contributed by atoms with E-state index < -0.39 is 0 Å². The van der Waals surface area contributed by atoms with Crippen molar-refractivity contribution in [3.63, 3.8) is 0 Å². The fraction of sp³-hybridized carbons (Fsp3) is 0.500. The molecule has 0 spiro atoms. The highest BCUT2D eigenvalue weighted by molar-refractivity contribution is 5.46. The molecule has 0 saturated carbocycles. The van der Waals surface area contributed by atoms with E-state index in [0.717, 1.165) is 43.4 Å². The second-order valence-corrected chi connectivity index (χ2v) is 5.85. The maximum Gasteiger partial charge on any atom is 0.195 e. The summed E-state index contributed by atoms with van der Waals surface area (Å²) in [6, 6.07) is 3.77. The van der Waals surface area contributed by atoms with Crippen LogP contribution in [0, 0.1) is 5.92 Å². The molecule has 3 heterocycles. The van der Waals surface area contributed by atoms with Gasteiger partial charge in [0.25, 0.3) is 0 Å². The van der Waals surface area contributed by atoms with Crippen molar-refractivity contribution in [1.82, 2.24) is 14.9 Å². The zero-order valence-corrected chi connectivity index (χ0v) is 12.2. The fourth-order valence-corrected chi connectivity index (χ4v) is 2.51. The van der Waals surface area contributed by atoms with Crippen molar-refractivity contribution in [1.29, 1.82) is 0 Å². The van der Waals surface area contributed by atoms with Gasteiger partial charge in [-0.3, -0.25) is 4.90 Å². The number of hydrogen-bond acceptors (Lipinski definition) is 4. The Morgan fingerprint density at radius 1 is 1.40 bits per heavy atom. The molecule has 20 heavy (non-hydrogen) atoms. The van der Waals surface area contributed by atoms with E-state index in [2.05, 4.69) is 28.7 Å². The van der Waals surface area contributed by atoms with Crippen molar-refractivity contribution in [2.24, 2.45) is 5.92 Å². The van der Waals surface area contributed by atoms with E-state index in [9.17, 15) is 0 Å². The average molecular weight is 271 g/mol. The van der Waals surface area contributed by atoms with Crippen LogP contribution in [0.1, 0.15) is 31.5 Å². The predicted octanol–water partition coefficient (Wildman–Crippen LogP) is 3.14. The summed E-state index contributed by atoms with van der Waals surface area (Å²) in [5.74, 6) is 2.19. The molecule has 0 aromatic carbocycles. The topological polar surface area (TPSA) is 42.2 Å². The van der Waals surface area contributed by atoms with E-state index in [1.807, 2.05) is 18.3 Å². The molecule has 0 unspecified atom stereocenters. The first-order valence-corrected chi connectivity index (χ1v) is 7.33. The van der Waals surface area contributed by atoms with Crippen molar-refractivity contribution in [2.75, 3.05) is 13.1 Å². The van der Waals surface area contributed by atoms with Crippen LogP contribution in [-0.2, 0) is 13.0 Å². The van der Waals surface area contributed by atoms with E-state index in [-0.39, 0.29) is 0 Å². The fourth-order valence-electron chi connectivity index (χ4n) is 2.51. The number of hydrogen-bond donors (Lipinski definition) is 0. The number of furan rings is 1. The summed E-state index contributed by atoms with van der Waals surface area (Å²) in [5.41, 5.74) is 2.43. The van der Waals surface area contributed by atoms with Gasteiger partial charge < -0.3 is 4.42 Å². The van der Waals surface area contributed by atoms with Gasteiger partial charge in [0.15, 0.2) is 11.6 Å². The van der Waals surface area contributed by atoms with Crippen LogP contribution < -0.4 is 0 Å². The lowest BCUT2D eigenvalue weighted by Crippen LogP contribution is -2.32. The number of fused-ring (bicyclic) bond motifs is 1. The summed E-state index contributed by atoms with van der Waals surface area (Å²) < 4.78 is 5.38. The Bertz CT molecular complexity index is 563. The SMILES string of the molecule is CC(C)CCN1CCc2cnc(-c3ccco3)nc2C1. The highest BCUT2D eigenvalue weighted by Crippen LogP contribution is 2.21. The third-order valence-corrected chi connectivity index (χ3v) is 3.79. The van der Waals surface area contributed by atoms with Crippen LogP contribution in [0.3, 0.4) is 0 Å². The van der Waals surface area contributed by atoms with Crippen molar-refractivity contribution in [2.45, 2.75) is 33.2 Å². The molecule has 0 atom stereocenters. The average Bonchev–Trinajstić information content (AvgIpc) is 2.98. The Balaban J connectivity index is 1.76. The Hall–Kier alpha value is -1.68. The van der Waals surface area contributed by atoms with E-state index in [1.165, 1.54) is 12.0 Å². The summed E-state index contributed by atoms with van der Waals surface area (Å²) in [7, 11) is 0. The molecule has 0 amide bonds. The predicted molar refractivity (Wildman–Crippen MR) is 78.2 cm³/mol. The van der Waals surface area contributed by atoms with Crippen molar-refractivity contribution in [3.8, 4) is 11.6 Å². The quantitative estimate of drug-likeness (QED) is 0.856. The molecule has 1 aliphatic heterocycles. The van der Waals surface area contributed by atoms with E-state index in [0.29, 0.717) is 5.82 Å². The Morgan fingerprint density at radius 3 is 3.05 bits per heavy atom. The second-order valence-electron chi connectivity index (χ2n) is 5.85. The van der Waals surface area contributed by atoms with Gasteiger partial charge in [0.1, 0.15) is 0 Å². The van der Waals surface area contributed by atoms with Crippen LogP contribution in [-0.4, -0.2) is 28.0 Å². The Morgan fingerprint density at radius 2 is 2.30 bits per heavy atom. The molecule has 3 rings (SSSR count). The first kappa shape index (κ1) is 13.3. The first-order valence-electron chi connectivity index (χ1n) is 7.33. The molecule has 0 fully saturated rings. The van der Waals surface area contributed by atoms with Gasteiger partial charge in [-0.2, -0.15) is 0 Å². The van der Waals surface area contributed by atoms with Gasteiger partial charge in [-0.15, -0.1) is 0 Å². The maximum atomic E-state index is 5.38. The van der Waals surface area contributed by atoms with Crippen LogP contribution in [0.15, 0.2) is 29.0 Å². The van der Waals surface area contributed by atoms with Crippen molar-refractivity contribution < 1.29 is 4.42 Å². The minimum absolute atomic E-state index is 0.694. The molecule has 4 nitrogen and oxygen atoms in total. The molecule has 2 aromatic heterocycles. The summed E-state index contributed by atoms with van der Waals surface area (Å²) in [4.78, 5) is 11.6. The van der Waals surface area contributed by atoms with E-state index in [1.54, 1.807) is 6.26 Å². The van der Waals surface area contributed by atoms with Gasteiger partial charge in [0.05, 0.1) is 12.0 Å². The van der Waals surface area contributed by atoms with Crippen LogP contribution in [0.5, 0.6) is 0 Å². The van der Waals surface area contributed by atoms with Crippen molar-refractivity contribution in [3.05, 3.63) is 35.9 Å². The van der Waals surface area contributed by atoms with Gasteiger partial charge in [0, 0.05) is 19.3 Å². The minimum atomic E-state index is 0.694. The molecule has 4 heteroatoms. The highest BCUT2D eigenvalue weighted by Gasteiger charge is 2.19. The maximum absolute atomic E-state index is 5.38. The van der Waals surface area contributed by atoms with Gasteiger partial charge in [-0.05, 0) is 43.0 Å². The van der Waals surface area contributed by atoms with E-state index >= 15 is 0 Å². The summed E-state index contributed by atoms with van der Waals surface area (Å²) in [5, 5.41) is 0. The molecule has 0 saturated heterocycles. The molecule has 0 radical (unpaired) electrons. The Labute approximate surface area is 119 Å². The zero-order valence-electron chi connectivity index (χ0n) is 12.2. The van der Waals surface area contributed by atoms with Crippen LogP contribution >= 0.6 is 0 Å². The number of rotatable bonds is 4. The monoisotopic (exact) mass is 271 g/mol. The summed E-state index contributed by atoms with van der Waals surface area (Å²) in [6.45, 7) is 7.74. The zero-order chi connectivity index (χ0) is 13.9. The summed E-state index contributed by atoms with van der Waals surface area (Å²) in [6.07, 6.45) is 5.91. The second kappa shape index (κ2) is 5.75. The molecule has 0 N–H and O–H groups in total. The molecule has 2 aromatic rings. The first-order chi connectivity index (χ1) is 9.72. The Kier molecular flexibility index (Phi) is 3.83. The standard InChI is InChI=1S/C16H21N3O/c1-12(2)5-7-19-8-6-13-10-17-16(18-14(13)11-19)15-4-3-9-20-15/h3-4,9-10,12H,5-8,11H2,1-2H3. The van der Waals surface area contributed by atoms with Crippen LogP contribution in [0.4, 0.5) is 0 Å². The molecular formula is C16H21N3O. The minimum Gasteiger partial charge on any atom is -0.461 e. The molecule has 0 bridgehead atoms. The lowest BCUT2D eigenvalue weighted by Gasteiger charge is -2.28. The lowest BCUT2D eigenvalue weighted by atomic mass is 10.1. The molecule has 106 valence electrons. The number of nitrogens with zero attached hydrogens (tertiary/aromatic N) is 3. The van der Waals surface area contributed by atoms with Gasteiger partial charge in [-0.1, -0.05) is 13.8 Å². The number of aromatic nitrogens is 2. The normalized spacial score (nSPS) is 15.6. The largest absolute Gasteiger partial charge is 0.461 e. The van der Waals surface area contributed by atoms with Crippen LogP contribution in [0.25, 0.3) is 11.6 Å². The molecule has 0 aliphatic carbocycles.